The number of benzene rings is 2. The van der Waals surface area contributed by atoms with Crippen LogP contribution in [-0.4, -0.2) is 25.3 Å². The fraction of sp³-hybridized carbons (Fsp3) is 0.200. The highest BCUT2D eigenvalue weighted by Crippen LogP contribution is 2.16. The number of hydrogen-bond donors (Lipinski definition) is 1. The topological polar surface area (TPSA) is 50.7 Å². The molecule has 1 N–H and O–H groups in total. The van der Waals surface area contributed by atoms with Gasteiger partial charge in [-0.2, -0.15) is 5.10 Å². The molecule has 4 nitrogen and oxygen atoms in total. The zero-order valence-electron chi connectivity index (χ0n) is 10.8. The molecule has 2 rings (SSSR count). The normalized spacial score (nSPS) is 11.0. The van der Waals surface area contributed by atoms with Crippen molar-refractivity contribution in [3.63, 3.8) is 0 Å². The van der Waals surface area contributed by atoms with Crippen LogP contribution in [0.5, 0.6) is 0 Å². The van der Waals surface area contributed by atoms with E-state index in [2.05, 4.69) is 10.5 Å². The molecule has 0 unspecified atom stereocenters. The predicted octanol–water partition coefficient (Wildman–Crippen LogP) is 2.33. The molecule has 0 aromatic heterocycles. The smallest absolute Gasteiger partial charge is 0.266 e. The molecular weight excluding hydrogens is 240 g/mol. The summed E-state index contributed by atoms with van der Waals surface area (Å²) in [5.41, 5.74) is 3.40. The number of carbonyl (C=O) groups is 1. The van der Waals surface area contributed by atoms with E-state index in [4.69, 9.17) is 4.74 Å². The van der Waals surface area contributed by atoms with Crippen molar-refractivity contribution in [2.75, 3.05) is 13.2 Å². The van der Waals surface area contributed by atoms with E-state index in [1.54, 1.807) is 6.21 Å². The lowest BCUT2D eigenvalue weighted by molar-refractivity contribution is -0.125. The fourth-order valence-electron chi connectivity index (χ4n) is 1.76. The summed E-state index contributed by atoms with van der Waals surface area (Å²) in [5.74, 6) is -0.252. The van der Waals surface area contributed by atoms with Gasteiger partial charge >= 0.3 is 0 Å². The number of hydrazone groups is 1. The summed E-state index contributed by atoms with van der Waals surface area (Å²) in [4.78, 5) is 11.3. The predicted molar refractivity (Wildman–Crippen MR) is 76.2 cm³/mol. The maximum atomic E-state index is 11.3. The van der Waals surface area contributed by atoms with Gasteiger partial charge in [0.05, 0.1) is 6.21 Å². The van der Waals surface area contributed by atoms with E-state index in [-0.39, 0.29) is 12.5 Å². The minimum absolute atomic E-state index is 0.0311. The number of nitrogens with one attached hydrogen (secondary N) is 1. The van der Waals surface area contributed by atoms with Crippen LogP contribution in [0.4, 0.5) is 0 Å². The Labute approximate surface area is 112 Å². The van der Waals surface area contributed by atoms with Gasteiger partial charge in [0.2, 0.25) is 0 Å². The van der Waals surface area contributed by atoms with Gasteiger partial charge in [-0.25, -0.2) is 5.43 Å². The molecule has 0 bridgehead atoms. The Balaban J connectivity index is 2.07. The number of carbonyl (C=O) groups excluding carboxylic acids is 1. The monoisotopic (exact) mass is 256 g/mol. The lowest BCUT2D eigenvalue weighted by Gasteiger charge is -2.02. The van der Waals surface area contributed by atoms with Crippen LogP contribution in [-0.2, 0) is 9.53 Å². The summed E-state index contributed by atoms with van der Waals surface area (Å²) in [6.45, 7) is 2.39. The van der Waals surface area contributed by atoms with Crippen molar-refractivity contribution < 1.29 is 9.53 Å². The number of amides is 1. The fourth-order valence-corrected chi connectivity index (χ4v) is 1.76. The second-order valence-corrected chi connectivity index (χ2v) is 4.00. The van der Waals surface area contributed by atoms with E-state index in [0.29, 0.717) is 6.61 Å². The third-order valence-corrected chi connectivity index (χ3v) is 2.65. The second kappa shape index (κ2) is 6.66. The molecule has 0 saturated heterocycles. The van der Waals surface area contributed by atoms with Crippen LogP contribution in [0.15, 0.2) is 47.6 Å². The van der Waals surface area contributed by atoms with Crippen LogP contribution in [0.3, 0.4) is 0 Å². The molecule has 1 amide bonds. The molecule has 0 saturated carbocycles. The number of fused-ring (bicyclic) bond motifs is 1. The lowest BCUT2D eigenvalue weighted by atomic mass is 10.1. The van der Waals surface area contributed by atoms with E-state index in [9.17, 15) is 4.79 Å². The molecule has 98 valence electrons. The Bertz CT molecular complexity index is 588. The Morgan fingerprint density at radius 3 is 2.89 bits per heavy atom. The van der Waals surface area contributed by atoms with Crippen LogP contribution in [0.25, 0.3) is 10.8 Å². The molecule has 0 aliphatic heterocycles. The molecule has 4 heteroatoms. The Morgan fingerprint density at radius 2 is 2.05 bits per heavy atom. The molecule has 0 aliphatic rings. The van der Waals surface area contributed by atoms with Gasteiger partial charge in [-0.3, -0.25) is 4.79 Å². The van der Waals surface area contributed by atoms with Crippen molar-refractivity contribution in [3.8, 4) is 0 Å². The molecule has 0 heterocycles. The van der Waals surface area contributed by atoms with E-state index < -0.39 is 0 Å². The summed E-state index contributed by atoms with van der Waals surface area (Å²) in [6, 6.07) is 14.0. The quantitative estimate of drug-likeness (QED) is 0.659. The molecule has 0 aliphatic carbocycles. The van der Waals surface area contributed by atoms with Gasteiger partial charge in [0.1, 0.15) is 6.61 Å². The lowest BCUT2D eigenvalue weighted by Crippen LogP contribution is -2.22. The van der Waals surface area contributed by atoms with Crippen molar-refractivity contribution in [2.24, 2.45) is 5.10 Å². The van der Waals surface area contributed by atoms with Gasteiger partial charge in [-0.1, -0.05) is 42.5 Å². The van der Waals surface area contributed by atoms with Crippen LogP contribution in [0, 0.1) is 0 Å². The first-order valence-electron chi connectivity index (χ1n) is 6.18. The summed E-state index contributed by atoms with van der Waals surface area (Å²) >= 11 is 0. The number of rotatable bonds is 5. The van der Waals surface area contributed by atoms with Crippen LogP contribution in [0.1, 0.15) is 12.5 Å². The van der Waals surface area contributed by atoms with Gasteiger partial charge in [-0.15, -0.1) is 0 Å². The summed E-state index contributed by atoms with van der Waals surface area (Å²) in [6.07, 6.45) is 1.65. The highest BCUT2D eigenvalue weighted by Gasteiger charge is 1.99. The molecular formula is C15H16N2O2. The van der Waals surface area contributed by atoms with Crippen molar-refractivity contribution in [2.45, 2.75) is 6.92 Å². The van der Waals surface area contributed by atoms with Gasteiger partial charge in [0.25, 0.3) is 5.91 Å². The van der Waals surface area contributed by atoms with Crippen LogP contribution < -0.4 is 5.43 Å². The first kappa shape index (κ1) is 13.2. The molecule has 19 heavy (non-hydrogen) atoms. The SMILES string of the molecule is CCOCC(=O)N/N=C/c1cccc2ccccc12. The van der Waals surface area contributed by atoms with E-state index >= 15 is 0 Å². The minimum Gasteiger partial charge on any atom is -0.372 e. The summed E-state index contributed by atoms with van der Waals surface area (Å²) in [7, 11) is 0. The highest BCUT2D eigenvalue weighted by atomic mass is 16.5. The second-order valence-electron chi connectivity index (χ2n) is 4.00. The number of ether oxygens (including phenoxy) is 1. The van der Waals surface area contributed by atoms with Gasteiger partial charge in [0, 0.05) is 12.2 Å². The van der Waals surface area contributed by atoms with Gasteiger partial charge in [0.15, 0.2) is 0 Å². The highest BCUT2D eigenvalue weighted by molar-refractivity contribution is 5.99. The number of nitrogens with zero attached hydrogens (tertiary/aromatic N) is 1. The summed E-state index contributed by atoms with van der Waals surface area (Å²) in [5, 5.41) is 6.19. The first-order valence-corrected chi connectivity index (χ1v) is 6.18. The van der Waals surface area contributed by atoms with Crippen molar-refractivity contribution >= 4 is 22.9 Å². The summed E-state index contributed by atoms with van der Waals surface area (Å²) < 4.78 is 4.98. The minimum atomic E-state index is -0.252. The van der Waals surface area contributed by atoms with E-state index in [0.717, 1.165) is 16.3 Å². The average Bonchev–Trinajstić information content (AvgIpc) is 2.45. The molecule has 0 fully saturated rings. The molecule has 0 atom stereocenters. The van der Waals surface area contributed by atoms with E-state index in [1.807, 2.05) is 49.4 Å². The zero-order chi connectivity index (χ0) is 13.5. The zero-order valence-corrected chi connectivity index (χ0v) is 10.8. The largest absolute Gasteiger partial charge is 0.372 e. The molecule has 2 aromatic carbocycles. The third-order valence-electron chi connectivity index (χ3n) is 2.65. The van der Waals surface area contributed by atoms with Crippen LogP contribution >= 0.6 is 0 Å². The third kappa shape index (κ3) is 3.63. The van der Waals surface area contributed by atoms with Crippen LogP contribution in [0.2, 0.25) is 0 Å². The van der Waals surface area contributed by atoms with Gasteiger partial charge < -0.3 is 4.74 Å². The van der Waals surface area contributed by atoms with Gasteiger partial charge in [-0.05, 0) is 17.7 Å². The standard InChI is InChI=1S/C15H16N2O2/c1-2-19-11-15(18)17-16-10-13-8-5-7-12-6-3-4-9-14(12)13/h3-10H,2,11H2,1H3,(H,17,18)/b16-10+. The Hall–Kier alpha value is -2.20. The maximum Gasteiger partial charge on any atom is 0.266 e. The van der Waals surface area contributed by atoms with Crippen molar-refractivity contribution in [1.82, 2.24) is 5.43 Å². The average molecular weight is 256 g/mol. The molecule has 0 spiro atoms. The van der Waals surface area contributed by atoms with Crippen molar-refractivity contribution in [3.05, 3.63) is 48.0 Å². The Morgan fingerprint density at radius 1 is 1.26 bits per heavy atom. The first-order chi connectivity index (χ1) is 9.31. The van der Waals surface area contributed by atoms with Crippen molar-refractivity contribution in [1.29, 1.82) is 0 Å². The maximum absolute atomic E-state index is 11.3. The number of hydrogen-bond acceptors (Lipinski definition) is 3. The Kier molecular flexibility index (Phi) is 4.64. The molecule has 2 aromatic rings. The van der Waals surface area contributed by atoms with E-state index in [1.165, 1.54) is 0 Å². The molecule has 0 radical (unpaired) electrons.